The first-order valence-corrected chi connectivity index (χ1v) is 5.69. The number of rotatable bonds is 3. The van der Waals surface area contributed by atoms with Gasteiger partial charge in [-0.3, -0.25) is 4.79 Å². The van der Waals surface area contributed by atoms with Gasteiger partial charge in [-0.05, 0) is 32.4 Å². The van der Waals surface area contributed by atoms with E-state index in [0.29, 0.717) is 0 Å². The Morgan fingerprint density at radius 3 is 2.62 bits per heavy atom. The van der Waals surface area contributed by atoms with Crippen LogP contribution in [0.5, 0.6) is 0 Å². The van der Waals surface area contributed by atoms with E-state index in [1.807, 2.05) is 13.2 Å². The van der Waals surface area contributed by atoms with Crippen molar-refractivity contribution in [2.24, 2.45) is 0 Å². The summed E-state index contributed by atoms with van der Waals surface area (Å²) in [5, 5.41) is 2.83. The van der Waals surface area contributed by atoms with Crippen molar-refractivity contribution >= 4 is 17.7 Å². The molecule has 0 aromatic rings. The first-order chi connectivity index (χ1) is 6.14. The largest absolute Gasteiger partial charge is 0.342 e. The Kier molecular flexibility index (Phi) is 3.27. The van der Waals surface area contributed by atoms with Gasteiger partial charge in [0.25, 0.3) is 0 Å². The second-order valence-corrected chi connectivity index (χ2v) is 4.60. The molecule has 0 bridgehead atoms. The van der Waals surface area contributed by atoms with Gasteiger partial charge < -0.3 is 5.32 Å². The third-order valence-electron chi connectivity index (χ3n) is 2.56. The normalized spacial score (nSPS) is 21.0. The molecule has 3 heteroatoms. The Morgan fingerprint density at radius 2 is 2.31 bits per heavy atom. The van der Waals surface area contributed by atoms with E-state index in [-0.39, 0.29) is 16.7 Å². The summed E-state index contributed by atoms with van der Waals surface area (Å²) >= 11 is 1.64. The van der Waals surface area contributed by atoms with Gasteiger partial charge in [-0.2, -0.15) is 0 Å². The third kappa shape index (κ3) is 2.00. The molecule has 1 N–H and O–H groups in total. The highest BCUT2D eigenvalue weighted by Gasteiger charge is 2.43. The average molecular weight is 197 g/mol. The lowest BCUT2D eigenvalue weighted by molar-refractivity contribution is -0.125. The number of carbonyl (C=O) groups excluding carboxylic acids is 1. The summed E-state index contributed by atoms with van der Waals surface area (Å²) in [6, 6.07) is -0.155. The molecular weight excluding hydrogens is 182 g/mol. The lowest BCUT2D eigenvalue weighted by atomic mass is 9.83. The van der Waals surface area contributed by atoms with E-state index >= 15 is 0 Å². The van der Waals surface area contributed by atoms with Crippen LogP contribution in [-0.2, 0) is 4.79 Å². The number of hydrogen-bond acceptors (Lipinski definition) is 2. The molecule has 1 aliphatic carbocycles. The van der Waals surface area contributed by atoms with Crippen molar-refractivity contribution in [3.05, 3.63) is 0 Å². The van der Waals surface area contributed by atoms with Gasteiger partial charge in [0.2, 0.25) is 5.91 Å². The lowest BCUT2D eigenvalue weighted by Crippen LogP contribution is -2.51. The van der Waals surface area contributed by atoms with E-state index in [0.717, 1.165) is 19.3 Å². The van der Waals surface area contributed by atoms with Gasteiger partial charge in [-0.15, -0.1) is 18.2 Å². The summed E-state index contributed by atoms with van der Waals surface area (Å²) < 4.78 is -0.175. The average Bonchev–Trinajstić information content (AvgIpc) is 2.03. The number of terminal acetylenes is 1. The molecule has 0 spiro atoms. The van der Waals surface area contributed by atoms with Crippen LogP contribution in [-0.4, -0.2) is 23.0 Å². The molecule has 1 rings (SSSR count). The molecule has 1 aliphatic rings. The molecule has 0 aromatic carbocycles. The van der Waals surface area contributed by atoms with Gasteiger partial charge in [0.1, 0.15) is 0 Å². The summed E-state index contributed by atoms with van der Waals surface area (Å²) in [5.74, 6) is 2.61. The Balaban J connectivity index is 2.52. The Hall–Kier alpha value is -0.620. The summed E-state index contributed by atoms with van der Waals surface area (Å²) in [4.78, 5) is 11.7. The number of carbonyl (C=O) groups is 1. The standard InChI is InChI=1S/C10H15NOS/c1-4-8(2)11-9(12)10(13-3)6-5-7-10/h1,8H,5-7H2,2-3H3,(H,11,12). The van der Waals surface area contributed by atoms with E-state index in [1.165, 1.54) is 0 Å². The molecule has 1 unspecified atom stereocenters. The Labute approximate surface area is 83.9 Å². The van der Waals surface area contributed by atoms with Gasteiger partial charge in [-0.25, -0.2) is 0 Å². The highest BCUT2D eigenvalue weighted by atomic mass is 32.2. The second-order valence-electron chi connectivity index (χ2n) is 3.41. The van der Waals surface area contributed by atoms with Crippen LogP contribution >= 0.6 is 11.8 Å². The molecule has 13 heavy (non-hydrogen) atoms. The first kappa shape index (κ1) is 10.5. The highest BCUT2D eigenvalue weighted by molar-refractivity contribution is 8.00. The van der Waals surface area contributed by atoms with Crippen molar-refractivity contribution in [1.29, 1.82) is 0 Å². The maximum Gasteiger partial charge on any atom is 0.237 e. The zero-order chi connectivity index (χ0) is 9.90. The monoisotopic (exact) mass is 197 g/mol. The Morgan fingerprint density at radius 1 is 1.69 bits per heavy atom. The quantitative estimate of drug-likeness (QED) is 0.693. The van der Waals surface area contributed by atoms with E-state index < -0.39 is 0 Å². The van der Waals surface area contributed by atoms with E-state index in [4.69, 9.17) is 6.42 Å². The van der Waals surface area contributed by atoms with E-state index in [9.17, 15) is 4.79 Å². The highest BCUT2D eigenvalue weighted by Crippen LogP contribution is 2.42. The van der Waals surface area contributed by atoms with E-state index in [2.05, 4.69) is 11.2 Å². The lowest BCUT2D eigenvalue weighted by Gasteiger charge is -2.38. The first-order valence-electron chi connectivity index (χ1n) is 4.47. The van der Waals surface area contributed by atoms with Crippen molar-refractivity contribution in [2.75, 3.05) is 6.26 Å². The number of nitrogens with one attached hydrogen (secondary N) is 1. The molecular formula is C10H15NOS. The third-order valence-corrected chi connectivity index (χ3v) is 3.94. The van der Waals surface area contributed by atoms with Crippen LogP contribution in [0.4, 0.5) is 0 Å². The van der Waals surface area contributed by atoms with Crippen LogP contribution in [0.2, 0.25) is 0 Å². The van der Waals surface area contributed by atoms with Crippen molar-refractivity contribution in [2.45, 2.75) is 37.0 Å². The van der Waals surface area contributed by atoms with Crippen molar-refractivity contribution in [3.63, 3.8) is 0 Å². The maximum atomic E-state index is 11.7. The molecule has 1 saturated carbocycles. The fraction of sp³-hybridized carbons (Fsp3) is 0.700. The summed E-state index contributed by atoms with van der Waals surface area (Å²) in [6.45, 7) is 1.82. The van der Waals surface area contributed by atoms with Crippen LogP contribution in [0.3, 0.4) is 0 Å². The van der Waals surface area contributed by atoms with Crippen LogP contribution in [0.15, 0.2) is 0 Å². The smallest absolute Gasteiger partial charge is 0.237 e. The minimum Gasteiger partial charge on any atom is -0.342 e. The maximum absolute atomic E-state index is 11.7. The van der Waals surface area contributed by atoms with Gasteiger partial charge in [0.15, 0.2) is 0 Å². The van der Waals surface area contributed by atoms with Gasteiger partial charge in [-0.1, -0.05) is 5.92 Å². The molecule has 1 amide bonds. The van der Waals surface area contributed by atoms with Gasteiger partial charge in [0, 0.05) is 0 Å². The zero-order valence-electron chi connectivity index (χ0n) is 8.09. The second kappa shape index (κ2) is 4.06. The molecule has 0 radical (unpaired) electrons. The van der Waals surface area contributed by atoms with E-state index in [1.54, 1.807) is 11.8 Å². The van der Waals surface area contributed by atoms with Gasteiger partial charge >= 0.3 is 0 Å². The predicted octanol–water partition coefficient (Wildman–Crippen LogP) is 1.41. The van der Waals surface area contributed by atoms with Crippen molar-refractivity contribution < 1.29 is 4.79 Å². The molecule has 1 fully saturated rings. The molecule has 0 aromatic heterocycles. The minimum absolute atomic E-state index is 0.108. The number of amides is 1. The molecule has 2 nitrogen and oxygen atoms in total. The van der Waals surface area contributed by atoms with Crippen molar-refractivity contribution in [3.8, 4) is 12.3 Å². The van der Waals surface area contributed by atoms with Crippen LogP contribution in [0.25, 0.3) is 0 Å². The fourth-order valence-corrected chi connectivity index (χ4v) is 2.33. The molecule has 0 aliphatic heterocycles. The minimum atomic E-state index is -0.175. The number of hydrogen-bond donors (Lipinski definition) is 1. The fourth-order valence-electron chi connectivity index (χ4n) is 1.39. The van der Waals surface area contributed by atoms with Gasteiger partial charge in [0.05, 0.1) is 10.8 Å². The molecule has 1 atom stereocenters. The van der Waals surface area contributed by atoms with Crippen LogP contribution in [0, 0.1) is 12.3 Å². The predicted molar refractivity (Wildman–Crippen MR) is 56.5 cm³/mol. The van der Waals surface area contributed by atoms with Crippen LogP contribution in [0.1, 0.15) is 26.2 Å². The molecule has 0 saturated heterocycles. The SMILES string of the molecule is C#CC(C)NC(=O)C1(SC)CCC1. The zero-order valence-corrected chi connectivity index (χ0v) is 8.91. The van der Waals surface area contributed by atoms with Crippen LogP contribution < -0.4 is 5.32 Å². The Bertz CT molecular complexity index is 234. The molecule has 0 heterocycles. The summed E-state index contributed by atoms with van der Waals surface area (Å²) in [5.41, 5.74) is 0. The summed E-state index contributed by atoms with van der Waals surface area (Å²) in [6.07, 6.45) is 10.3. The molecule has 72 valence electrons. The topological polar surface area (TPSA) is 29.1 Å². The number of thioether (sulfide) groups is 1. The summed E-state index contributed by atoms with van der Waals surface area (Å²) in [7, 11) is 0. The van der Waals surface area contributed by atoms with Crippen molar-refractivity contribution in [1.82, 2.24) is 5.32 Å².